The van der Waals surface area contributed by atoms with Crippen molar-refractivity contribution in [2.45, 2.75) is 0 Å². The van der Waals surface area contributed by atoms with E-state index in [1.54, 1.807) is 0 Å². The first kappa shape index (κ1) is 5.44. The molecule has 0 aliphatic carbocycles. The van der Waals surface area contributed by atoms with Gasteiger partial charge in [0.2, 0.25) is 0 Å². The largest absolute Gasteiger partial charge is 0.388 e. The van der Waals surface area contributed by atoms with Crippen LogP contribution in [0.4, 0.5) is 0 Å². The maximum Gasteiger partial charge on any atom is 0.0649 e. The minimum atomic E-state index is 0.873. The Morgan fingerprint density at radius 2 is 1.88 bits per heavy atom. The summed E-state index contributed by atoms with van der Waals surface area (Å²) in [6, 6.07) is 0. The molecule has 0 aromatic carbocycles. The fraction of sp³-hybridized carbons (Fsp3) is 0.600. The minimum absolute atomic E-state index is 0.873. The summed E-state index contributed by atoms with van der Waals surface area (Å²) in [5, 5.41) is 9.28. The van der Waals surface area contributed by atoms with E-state index in [2.05, 4.69) is 16.0 Å². The van der Waals surface area contributed by atoms with Gasteiger partial charge < -0.3 is 10.6 Å². The molecule has 1 aliphatic heterocycles. The lowest BCUT2D eigenvalue weighted by molar-refractivity contribution is 0.614. The lowest BCUT2D eigenvalue weighted by atomic mass is 10.6. The highest BCUT2D eigenvalue weighted by molar-refractivity contribution is 4.78. The van der Waals surface area contributed by atoms with Crippen molar-refractivity contribution in [3.63, 3.8) is 0 Å². The third-order valence-electron chi connectivity index (χ3n) is 0.992. The predicted molar refractivity (Wildman–Crippen MR) is 33.1 cm³/mol. The fourth-order valence-electron chi connectivity index (χ4n) is 0.581. The van der Waals surface area contributed by atoms with Crippen molar-refractivity contribution in [2.75, 3.05) is 19.8 Å². The average molecular weight is 113 g/mol. The second-order valence-electron chi connectivity index (χ2n) is 1.67. The van der Waals surface area contributed by atoms with E-state index in [1.807, 2.05) is 12.4 Å². The molecule has 0 atom stereocenters. The summed E-state index contributed by atoms with van der Waals surface area (Å²) in [6.45, 7) is 2.91. The molecule has 0 amide bonds. The Morgan fingerprint density at radius 1 is 1.00 bits per heavy atom. The van der Waals surface area contributed by atoms with Gasteiger partial charge in [0.05, 0.1) is 6.67 Å². The van der Waals surface area contributed by atoms with Crippen molar-refractivity contribution in [2.24, 2.45) is 0 Å². The topological polar surface area (TPSA) is 36.1 Å². The molecule has 8 heavy (non-hydrogen) atoms. The molecule has 0 unspecified atom stereocenters. The summed E-state index contributed by atoms with van der Waals surface area (Å²) in [7, 11) is 0. The Morgan fingerprint density at radius 3 is 2.88 bits per heavy atom. The summed E-state index contributed by atoms with van der Waals surface area (Å²) in [4.78, 5) is 0. The Bertz CT molecular complexity index is 69.7. The third kappa shape index (κ3) is 1.84. The number of hydrogen-bond acceptors (Lipinski definition) is 3. The molecule has 0 aromatic heterocycles. The second-order valence-corrected chi connectivity index (χ2v) is 1.67. The summed E-state index contributed by atoms with van der Waals surface area (Å²) in [5.41, 5.74) is 0. The van der Waals surface area contributed by atoms with Crippen LogP contribution in [0.15, 0.2) is 12.4 Å². The molecule has 1 rings (SSSR count). The van der Waals surface area contributed by atoms with E-state index in [4.69, 9.17) is 0 Å². The van der Waals surface area contributed by atoms with Gasteiger partial charge in [0.1, 0.15) is 0 Å². The molecule has 0 fully saturated rings. The van der Waals surface area contributed by atoms with Gasteiger partial charge in [-0.3, -0.25) is 5.32 Å². The highest BCUT2D eigenvalue weighted by Gasteiger charge is 1.84. The molecule has 1 heterocycles. The zero-order valence-electron chi connectivity index (χ0n) is 4.78. The predicted octanol–water partition coefficient (Wildman–Crippen LogP) is -0.802. The van der Waals surface area contributed by atoms with Crippen LogP contribution in [-0.4, -0.2) is 19.8 Å². The number of rotatable bonds is 0. The van der Waals surface area contributed by atoms with Gasteiger partial charge in [0.25, 0.3) is 0 Å². The highest BCUT2D eigenvalue weighted by Crippen LogP contribution is 1.65. The lowest BCUT2D eigenvalue weighted by Gasteiger charge is -2.07. The Balaban J connectivity index is 2.17. The molecule has 1 aliphatic rings. The van der Waals surface area contributed by atoms with Crippen molar-refractivity contribution in [1.29, 1.82) is 0 Å². The monoisotopic (exact) mass is 113 g/mol. The van der Waals surface area contributed by atoms with Crippen LogP contribution in [0.1, 0.15) is 0 Å². The molecule has 3 nitrogen and oxygen atoms in total. The van der Waals surface area contributed by atoms with Crippen molar-refractivity contribution in [3.05, 3.63) is 12.4 Å². The van der Waals surface area contributed by atoms with Gasteiger partial charge in [-0.1, -0.05) is 0 Å². The van der Waals surface area contributed by atoms with Crippen LogP contribution in [-0.2, 0) is 0 Å². The zero-order valence-corrected chi connectivity index (χ0v) is 4.78. The molecule has 3 N–H and O–H groups in total. The Kier molecular flexibility index (Phi) is 2.26. The first-order chi connectivity index (χ1) is 4.00. The molecule has 0 radical (unpaired) electrons. The molecule has 0 aromatic rings. The van der Waals surface area contributed by atoms with E-state index in [1.165, 1.54) is 0 Å². The second kappa shape index (κ2) is 3.32. The van der Waals surface area contributed by atoms with Gasteiger partial charge >= 0.3 is 0 Å². The molecule has 0 saturated heterocycles. The molecule has 46 valence electrons. The lowest BCUT2D eigenvalue weighted by Crippen LogP contribution is -2.33. The summed E-state index contributed by atoms with van der Waals surface area (Å²) >= 11 is 0. The first-order valence-corrected chi connectivity index (χ1v) is 2.82. The third-order valence-corrected chi connectivity index (χ3v) is 0.992. The van der Waals surface area contributed by atoms with Crippen LogP contribution >= 0.6 is 0 Å². The van der Waals surface area contributed by atoms with Gasteiger partial charge in [0, 0.05) is 25.5 Å². The zero-order chi connectivity index (χ0) is 5.66. The van der Waals surface area contributed by atoms with Crippen LogP contribution in [0.5, 0.6) is 0 Å². The first-order valence-electron chi connectivity index (χ1n) is 2.82. The van der Waals surface area contributed by atoms with Crippen molar-refractivity contribution in [3.8, 4) is 0 Å². The van der Waals surface area contributed by atoms with Gasteiger partial charge in [0.15, 0.2) is 0 Å². The van der Waals surface area contributed by atoms with E-state index in [9.17, 15) is 0 Å². The molecule has 0 spiro atoms. The summed E-state index contributed by atoms with van der Waals surface area (Å²) < 4.78 is 0. The van der Waals surface area contributed by atoms with Crippen LogP contribution in [0.2, 0.25) is 0 Å². The number of nitrogens with one attached hydrogen (secondary N) is 3. The standard InChI is InChI=1S/C5H11N3/c1-3-7-5-8-4-2-6-1/h1,3,6-8H,2,4-5H2. The fourth-order valence-corrected chi connectivity index (χ4v) is 0.581. The van der Waals surface area contributed by atoms with Gasteiger partial charge in [-0.2, -0.15) is 0 Å². The normalized spacial score (nSPS) is 20.0. The van der Waals surface area contributed by atoms with Gasteiger partial charge in [-0.15, -0.1) is 0 Å². The van der Waals surface area contributed by atoms with E-state index < -0.39 is 0 Å². The van der Waals surface area contributed by atoms with E-state index in [-0.39, 0.29) is 0 Å². The van der Waals surface area contributed by atoms with Crippen molar-refractivity contribution < 1.29 is 0 Å². The van der Waals surface area contributed by atoms with Crippen LogP contribution in [0.3, 0.4) is 0 Å². The van der Waals surface area contributed by atoms with Crippen LogP contribution < -0.4 is 16.0 Å². The van der Waals surface area contributed by atoms with Crippen LogP contribution in [0.25, 0.3) is 0 Å². The molecular weight excluding hydrogens is 102 g/mol. The quantitative estimate of drug-likeness (QED) is 0.385. The van der Waals surface area contributed by atoms with Crippen molar-refractivity contribution >= 4 is 0 Å². The van der Waals surface area contributed by atoms with Gasteiger partial charge in [-0.25, -0.2) is 0 Å². The van der Waals surface area contributed by atoms with Crippen molar-refractivity contribution in [1.82, 2.24) is 16.0 Å². The van der Waals surface area contributed by atoms with Crippen LogP contribution in [0, 0.1) is 0 Å². The van der Waals surface area contributed by atoms with Gasteiger partial charge in [-0.05, 0) is 0 Å². The maximum absolute atomic E-state index is 3.16. The molecule has 0 saturated carbocycles. The highest BCUT2D eigenvalue weighted by atomic mass is 15.1. The maximum atomic E-state index is 3.16. The smallest absolute Gasteiger partial charge is 0.0649 e. The van der Waals surface area contributed by atoms with E-state index in [0.29, 0.717) is 0 Å². The average Bonchev–Trinajstić information content (AvgIpc) is 1.62. The SMILES string of the molecule is C1=CNCNCCN1. The summed E-state index contributed by atoms with van der Waals surface area (Å²) in [6.07, 6.45) is 3.81. The molecule has 3 heteroatoms. The number of hydrogen-bond donors (Lipinski definition) is 3. The minimum Gasteiger partial charge on any atom is -0.388 e. The molecular formula is C5H11N3. The summed E-state index contributed by atoms with van der Waals surface area (Å²) in [5.74, 6) is 0. The van der Waals surface area contributed by atoms with E-state index in [0.717, 1.165) is 19.8 Å². The Labute approximate surface area is 49.2 Å². The van der Waals surface area contributed by atoms with E-state index >= 15 is 0 Å². The Hall–Kier alpha value is -0.700. The molecule has 0 bridgehead atoms.